The van der Waals surface area contributed by atoms with Crippen molar-refractivity contribution in [1.29, 1.82) is 0 Å². The molecule has 252 valence electrons. The molecule has 1 aliphatic carbocycles. The Labute approximate surface area is 312 Å². The molecule has 2 aliphatic heterocycles. The lowest BCUT2D eigenvalue weighted by Crippen LogP contribution is -3.00. The highest BCUT2D eigenvalue weighted by Gasteiger charge is 2.48. The highest BCUT2D eigenvalue weighted by atomic mass is 127. The first-order chi connectivity index (χ1) is 23.7. The SMILES string of the molecule is CCN1/C(=C/C2=C(NCc3ccccn3)C(=C/C3=[N+](CC)c4ccc5ccccc5c4C3(C)C)/C2=O)C(C)(C)c2c1ccc1ccccc21.[I-]. The third-order valence-corrected chi connectivity index (χ3v) is 10.9. The summed E-state index contributed by atoms with van der Waals surface area (Å²) in [6.45, 7) is 15.7. The molecule has 1 N–H and O–H groups in total. The first-order valence-electron chi connectivity index (χ1n) is 17.5. The number of benzene rings is 4. The molecule has 3 heterocycles. The van der Waals surface area contributed by atoms with E-state index in [1.807, 2.05) is 24.4 Å². The van der Waals surface area contributed by atoms with Gasteiger partial charge in [0.2, 0.25) is 5.69 Å². The predicted molar refractivity (Wildman–Crippen MR) is 202 cm³/mol. The number of hydrogen-bond donors (Lipinski definition) is 1. The van der Waals surface area contributed by atoms with Crippen LogP contribution in [-0.2, 0) is 22.2 Å². The number of pyridine rings is 1. The van der Waals surface area contributed by atoms with Crippen molar-refractivity contribution in [3.63, 3.8) is 0 Å². The zero-order chi connectivity index (χ0) is 34.1. The van der Waals surface area contributed by atoms with Crippen molar-refractivity contribution in [3.8, 4) is 0 Å². The maximum atomic E-state index is 14.5. The summed E-state index contributed by atoms with van der Waals surface area (Å²) < 4.78 is 2.38. The Morgan fingerprint density at radius 3 is 2.10 bits per heavy atom. The normalized spacial score (nSPS) is 18.9. The molecule has 0 saturated carbocycles. The minimum Gasteiger partial charge on any atom is -1.00 e. The number of nitrogens with zero attached hydrogens (tertiary/aromatic N) is 3. The average molecular weight is 771 g/mol. The van der Waals surface area contributed by atoms with E-state index in [0.29, 0.717) is 6.54 Å². The van der Waals surface area contributed by atoms with Crippen molar-refractivity contribution < 1.29 is 33.3 Å². The topological polar surface area (TPSA) is 48.2 Å². The fourth-order valence-corrected chi connectivity index (χ4v) is 8.55. The zero-order valence-electron chi connectivity index (χ0n) is 29.6. The first-order valence-corrected chi connectivity index (χ1v) is 17.5. The number of Topliss-reactive ketones (excluding diaryl/α,β-unsaturated/α-hetero) is 1. The zero-order valence-corrected chi connectivity index (χ0v) is 31.8. The van der Waals surface area contributed by atoms with Crippen LogP contribution in [-0.4, -0.2) is 34.1 Å². The maximum absolute atomic E-state index is 14.5. The van der Waals surface area contributed by atoms with Crippen LogP contribution in [0.5, 0.6) is 0 Å². The van der Waals surface area contributed by atoms with E-state index in [1.165, 1.54) is 44.0 Å². The Morgan fingerprint density at radius 1 is 0.780 bits per heavy atom. The number of halogens is 1. The van der Waals surface area contributed by atoms with Gasteiger partial charge in [0.25, 0.3) is 0 Å². The van der Waals surface area contributed by atoms with E-state index in [9.17, 15) is 4.79 Å². The molecule has 0 saturated heterocycles. The molecule has 5 nitrogen and oxygen atoms in total. The van der Waals surface area contributed by atoms with Crippen molar-refractivity contribution in [2.45, 2.75) is 58.9 Å². The van der Waals surface area contributed by atoms with Gasteiger partial charge in [0.1, 0.15) is 6.54 Å². The lowest BCUT2D eigenvalue weighted by atomic mass is 9.75. The van der Waals surface area contributed by atoms with Gasteiger partial charge in [0.05, 0.1) is 28.9 Å². The fourth-order valence-electron chi connectivity index (χ4n) is 8.55. The van der Waals surface area contributed by atoms with Crippen LogP contribution >= 0.6 is 0 Å². The molecule has 0 fully saturated rings. The van der Waals surface area contributed by atoms with Crippen LogP contribution in [0.1, 0.15) is 58.4 Å². The predicted octanol–water partition coefficient (Wildman–Crippen LogP) is 6.04. The van der Waals surface area contributed by atoms with E-state index in [4.69, 9.17) is 0 Å². The number of rotatable bonds is 7. The van der Waals surface area contributed by atoms with Crippen LogP contribution in [0.25, 0.3) is 21.5 Å². The Hall–Kier alpha value is -4.56. The van der Waals surface area contributed by atoms with Gasteiger partial charge in [-0.1, -0.05) is 74.5 Å². The quantitative estimate of drug-likeness (QED) is 0.125. The molecular formula is C44H43IN4O. The second-order valence-corrected chi connectivity index (χ2v) is 14.4. The third kappa shape index (κ3) is 5.05. The standard InChI is InChI=1S/C44H42N4O.HI/c1-7-47-35-22-20-28-15-9-11-18-31(28)39(35)43(3,4)37(47)25-33-41(46-27-30-17-13-14-24-45-30)34(42(33)49)26-38-44(5,6)40-32-19-12-10-16-29(32)21-23-36(40)48(38)8-2;/h9-26H,7-8,27H2,1-6H3;1H. The van der Waals surface area contributed by atoms with Crippen LogP contribution in [0.15, 0.2) is 132 Å². The summed E-state index contributed by atoms with van der Waals surface area (Å²) >= 11 is 0. The number of aromatic nitrogens is 1. The molecule has 4 aromatic carbocycles. The minimum atomic E-state index is -0.297. The number of carbonyl (C=O) groups excluding carboxylic acids is 1. The van der Waals surface area contributed by atoms with Gasteiger partial charge in [-0.2, -0.15) is 4.58 Å². The number of fused-ring (bicyclic) bond motifs is 6. The fraction of sp³-hybridized carbons (Fsp3) is 0.250. The summed E-state index contributed by atoms with van der Waals surface area (Å²) in [7, 11) is 0. The second kappa shape index (κ2) is 12.6. The van der Waals surface area contributed by atoms with E-state index in [0.717, 1.165) is 47.0 Å². The van der Waals surface area contributed by atoms with Crippen molar-refractivity contribution in [1.82, 2.24) is 10.3 Å². The van der Waals surface area contributed by atoms with Gasteiger partial charge in [-0.05, 0) is 85.1 Å². The maximum Gasteiger partial charge on any atom is 0.210 e. The Bertz CT molecular complexity index is 2330. The third-order valence-electron chi connectivity index (χ3n) is 10.9. The first kappa shape index (κ1) is 33.9. The molecular weight excluding hydrogens is 727 g/mol. The van der Waals surface area contributed by atoms with Gasteiger partial charge in [0, 0.05) is 52.8 Å². The van der Waals surface area contributed by atoms with Crippen molar-refractivity contribution in [3.05, 3.63) is 149 Å². The van der Waals surface area contributed by atoms with Gasteiger partial charge < -0.3 is 34.2 Å². The lowest BCUT2D eigenvalue weighted by Gasteiger charge is -2.30. The lowest BCUT2D eigenvalue weighted by molar-refractivity contribution is -0.433. The number of nitrogens with one attached hydrogen (secondary N) is 1. The number of likely N-dealkylation sites (N-methyl/N-ethyl adjacent to an activating group) is 1. The summed E-state index contributed by atoms with van der Waals surface area (Å²) in [4.78, 5) is 21.4. The molecule has 0 amide bonds. The summed E-state index contributed by atoms with van der Waals surface area (Å²) in [6, 6.07) is 32.1. The van der Waals surface area contributed by atoms with Crippen LogP contribution in [0.2, 0.25) is 0 Å². The molecule has 50 heavy (non-hydrogen) atoms. The van der Waals surface area contributed by atoms with E-state index in [2.05, 4.69) is 146 Å². The monoisotopic (exact) mass is 770 g/mol. The number of anilines is 1. The summed E-state index contributed by atoms with van der Waals surface area (Å²) in [5.41, 5.74) is 10.0. The minimum absolute atomic E-state index is 0. The van der Waals surface area contributed by atoms with Gasteiger partial charge in [-0.25, -0.2) is 0 Å². The number of ketones is 1. The number of allylic oxidation sites excluding steroid dienone is 5. The highest BCUT2D eigenvalue weighted by molar-refractivity contribution is 6.25. The van der Waals surface area contributed by atoms with Crippen LogP contribution in [0, 0.1) is 0 Å². The van der Waals surface area contributed by atoms with Crippen LogP contribution < -0.4 is 34.2 Å². The van der Waals surface area contributed by atoms with Gasteiger partial charge in [-0.3, -0.25) is 9.78 Å². The molecule has 1 aromatic heterocycles. The van der Waals surface area contributed by atoms with E-state index < -0.39 is 0 Å². The Kier molecular flexibility index (Phi) is 8.58. The van der Waals surface area contributed by atoms with Crippen molar-refractivity contribution >= 4 is 44.4 Å². The van der Waals surface area contributed by atoms with Gasteiger partial charge in [0.15, 0.2) is 11.5 Å². The summed E-state index contributed by atoms with van der Waals surface area (Å²) in [6.07, 6.45) is 6.13. The van der Waals surface area contributed by atoms with Gasteiger partial charge >= 0.3 is 0 Å². The second-order valence-electron chi connectivity index (χ2n) is 14.4. The van der Waals surface area contributed by atoms with Crippen molar-refractivity contribution in [2.75, 3.05) is 18.0 Å². The Balaban J connectivity index is 0.00000392. The summed E-state index contributed by atoms with van der Waals surface area (Å²) in [5, 5.41) is 8.67. The van der Waals surface area contributed by atoms with E-state index in [-0.39, 0.29) is 40.6 Å². The largest absolute Gasteiger partial charge is 1.00 e. The highest BCUT2D eigenvalue weighted by Crippen LogP contribution is 2.52. The van der Waals surface area contributed by atoms with Crippen LogP contribution in [0.4, 0.5) is 11.4 Å². The molecule has 0 radical (unpaired) electrons. The Morgan fingerprint density at radius 2 is 1.44 bits per heavy atom. The molecule has 0 spiro atoms. The molecule has 0 atom stereocenters. The van der Waals surface area contributed by atoms with Crippen LogP contribution in [0.3, 0.4) is 0 Å². The number of hydrogen-bond acceptors (Lipinski definition) is 4. The smallest absolute Gasteiger partial charge is 0.210 e. The molecule has 0 unspecified atom stereocenters. The molecule has 0 bridgehead atoms. The van der Waals surface area contributed by atoms with Gasteiger partial charge in [-0.15, -0.1) is 0 Å². The molecule has 5 aromatic rings. The summed E-state index contributed by atoms with van der Waals surface area (Å²) in [5.74, 6) is 0.0730. The molecule has 6 heteroatoms. The molecule has 3 aliphatic rings. The molecule has 8 rings (SSSR count). The van der Waals surface area contributed by atoms with Crippen molar-refractivity contribution in [2.24, 2.45) is 0 Å². The average Bonchev–Trinajstić information content (AvgIpc) is 3.48. The van der Waals surface area contributed by atoms with E-state index >= 15 is 0 Å². The van der Waals surface area contributed by atoms with E-state index in [1.54, 1.807) is 0 Å². The number of carbonyl (C=O) groups is 1.